The van der Waals surface area contributed by atoms with E-state index in [1.165, 1.54) is 0 Å². The van der Waals surface area contributed by atoms with Gasteiger partial charge in [-0.3, -0.25) is 4.79 Å². The fourth-order valence-corrected chi connectivity index (χ4v) is 2.88. The molecule has 1 aliphatic heterocycles. The van der Waals surface area contributed by atoms with Gasteiger partial charge < -0.3 is 19.1 Å². The molecule has 1 aliphatic rings. The molecule has 0 saturated carbocycles. The molecule has 1 heterocycles. The number of hydrogen-bond donors (Lipinski definition) is 0. The Morgan fingerprint density at radius 3 is 2.25 bits per heavy atom. The Morgan fingerprint density at radius 1 is 1.15 bits per heavy atom. The number of benzene rings is 1. The highest BCUT2D eigenvalue weighted by molar-refractivity contribution is 9.10. The van der Waals surface area contributed by atoms with Crippen LogP contribution in [0.2, 0.25) is 0 Å². The lowest BCUT2D eigenvalue weighted by Crippen LogP contribution is -2.41. The highest BCUT2D eigenvalue weighted by Crippen LogP contribution is 2.41. The molecule has 1 fully saturated rings. The molecule has 20 heavy (non-hydrogen) atoms. The summed E-state index contributed by atoms with van der Waals surface area (Å²) in [7, 11) is 4.68. The zero-order valence-electron chi connectivity index (χ0n) is 11.8. The first-order chi connectivity index (χ1) is 9.62. The molecule has 2 rings (SSSR count). The third kappa shape index (κ3) is 2.70. The van der Waals surface area contributed by atoms with Crippen molar-refractivity contribution in [1.29, 1.82) is 0 Å². The quantitative estimate of drug-likeness (QED) is 0.788. The van der Waals surface area contributed by atoms with Gasteiger partial charge in [0.25, 0.3) is 0 Å². The van der Waals surface area contributed by atoms with Crippen LogP contribution in [0.1, 0.15) is 12.8 Å². The van der Waals surface area contributed by atoms with Gasteiger partial charge in [-0.1, -0.05) is 15.9 Å². The zero-order valence-corrected chi connectivity index (χ0v) is 13.4. The number of amides is 1. The van der Waals surface area contributed by atoms with E-state index in [4.69, 9.17) is 14.2 Å². The fourth-order valence-electron chi connectivity index (χ4n) is 2.31. The van der Waals surface area contributed by atoms with Gasteiger partial charge >= 0.3 is 0 Å². The maximum atomic E-state index is 12.2. The maximum absolute atomic E-state index is 12.2. The minimum absolute atomic E-state index is 0.0607. The van der Waals surface area contributed by atoms with E-state index in [1.807, 2.05) is 0 Å². The molecule has 1 atom stereocenters. The van der Waals surface area contributed by atoms with Crippen molar-refractivity contribution in [2.24, 2.45) is 0 Å². The van der Waals surface area contributed by atoms with Gasteiger partial charge in [0.2, 0.25) is 11.7 Å². The number of carbonyl (C=O) groups is 1. The van der Waals surface area contributed by atoms with Gasteiger partial charge in [-0.05, 0) is 12.8 Å². The average Bonchev–Trinajstić information content (AvgIpc) is 2.48. The van der Waals surface area contributed by atoms with E-state index in [9.17, 15) is 4.79 Å². The molecule has 1 aromatic rings. The largest absolute Gasteiger partial charge is 0.493 e. The molecule has 6 heteroatoms. The Bertz CT molecular complexity index is 481. The van der Waals surface area contributed by atoms with E-state index in [2.05, 4.69) is 15.9 Å². The van der Waals surface area contributed by atoms with Crippen LogP contribution >= 0.6 is 15.9 Å². The van der Waals surface area contributed by atoms with E-state index < -0.39 is 0 Å². The first-order valence-corrected chi connectivity index (χ1v) is 7.29. The van der Waals surface area contributed by atoms with Crippen molar-refractivity contribution in [3.8, 4) is 17.2 Å². The van der Waals surface area contributed by atoms with Crippen LogP contribution in [0, 0.1) is 0 Å². The standard InChI is InChI=1S/C14H18BrNO4/c1-18-11-7-9(8-12(19-2)13(11)20-3)16-6-4-5-10(15)14(16)17/h7-8,10H,4-6H2,1-3H3. The zero-order chi connectivity index (χ0) is 14.7. The predicted molar refractivity (Wildman–Crippen MR) is 80.4 cm³/mol. The molecule has 1 saturated heterocycles. The summed E-state index contributed by atoms with van der Waals surface area (Å²) >= 11 is 3.41. The van der Waals surface area contributed by atoms with Gasteiger partial charge in [-0.2, -0.15) is 0 Å². The summed E-state index contributed by atoms with van der Waals surface area (Å²) < 4.78 is 15.9. The lowest BCUT2D eigenvalue weighted by atomic mass is 10.1. The van der Waals surface area contributed by atoms with Crippen molar-refractivity contribution in [2.45, 2.75) is 17.7 Å². The fraction of sp³-hybridized carbons (Fsp3) is 0.500. The van der Waals surface area contributed by atoms with Crippen LogP contribution in [-0.4, -0.2) is 38.6 Å². The van der Waals surface area contributed by atoms with Gasteiger partial charge in [-0.25, -0.2) is 0 Å². The second kappa shape index (κ2) is 6.35. The minimum Gasteiger partial charge on any atom is -0.493 e. The van der Waals surface area contributed by atoms with Crippen LogP contribution < -0.4 is 19.1 Å². The summed E-state index contributed by atoms with van der Waals surface area (Å²) in [5.41, 5.74) is 0.758. The number of halogens is 1. The molecule has 1 aromatic carbocycles. The Hall–Kier alpha value is -1.43. The second-order valence-corrected chi connectivity index (χ2v) is 5.59. The third-order valence-electron chi connectivity index (χ3n) is 3.33. The van der Waals surface area contributed by atoms with Crippen molar-refractivity contribution >= 4 is 27.5 Å². The van der Waals surface area contributed by atoms with Gasteiger partial charge in [-0.15, -0.1) is 0 Å². The van der Waals surface area contributed by atoms with Crippen LogP contribution in [0.5, 0.6) is 17.2 Å². The first kappa shape index (κ1) is 15.0. The summed E-state index contributed by atoms with van der Waals surface area (Å²) in [4.78, 5) is 13.9. The number of piperidine rings is 1. The Kier molecular flexibility index (Phi) is 4.75. The van der Waals surface area contributed by atoms with Crippen LogP contribution in [0.25, 0.3) is 0 Å². The number of hydrogen-bond acceptors (Lipinski definition) is 4. The van der Waals surface area contributed by atoms with Crippen molar-refractivity contribution in [3.63, 3.8) is 0 Å². The van der Waals surface area contributed by atoms with Crippen molar-refractivity contribution in [2.75, 3.05) is 32.8 Å². The van der Waals surface area contributed by atoms with E-state index >= 15 is 0 Å². The van der Waals surface area contributed by atoms with E-state index in [0.29, 0.717) is 23.8 Å². The number of carbonyl (C=O) groups excluding carboxylic acids is 1. The monoisotopic (exact) mass is 343 g/mol. The predicted octanol–water partition coefficient (Wildman–Crippen LogP) is 2.60. The number of methoxy groups -OCH3 is 3. The molecule has 110 valence electrons. The lowest BCUT2D eigenvalue weighted by Gasteiger charge is -2.30. The van der Waals surface area contributed by atoms with Crippen LogP contribution in [0.4, 0.5) is 5.69 Å². The Morgan fingerprint density at radius 2 is 1.75 bits per heavy atom. The van der Waals surface area contributed by atoms with Gasteiger partial charge in [0.05, 0.1) is 31.8 Å². The summed E-state index contributed by atoms with van der Waals surface area (Å²) in [6, 6.07) is 3.59. The van der Waals surface area contributed by atoms with Crippen molar-refractivity contribution in [3.05, 3.63) is 12.1 Å². The molecule has 0 N–H and O–H groups in total. The Balaban J connectivity index is 2.44. The minimum atomic E-state index is -0.129. The molecular weight excluding hydrogens is 326 g/mol. The third-order valence-corrected chi connectivity index (χ3v) is 4.18. The topological polar surface area (TPSA) is 48.0 Å². The molecule has 0 bridgehead atoms. The molecular formula is C14H18BrNO4. The normalized spacial score (nSPS) is 18.9. The second-order valence-electron chi connectivity index (χ2n) is 4.48. The smallest absolute Gasteiger partial charge is 0.240 e. The summed E-state index contributed by atoms with van der Waals surface area (Å²) in [6.07, 6.45) is 1.82. The number of anilines is 1. The van der Waals surface area contributed by atoms with E-state index in [-0.39, 0.29) is 10.7 Å². The number of alkyl halides is 1. The Labute approximate surface area is 126 Å². The number of nitrogens with zero attached hydrogens (tertiary/aromatic N) is 1. The number of ether oxygens (including phenoxy) is 3. The molecule has 5 nitrogen and oxygen atoms in total. The highest BCUT2D eigenvalue weighted by Gasteiger charge is 2.29. The number of rotatable bonds is 4. The first-order valence-electron chi connectivity index (χ1n) is 6.37. The van der Waals surface area contributed by atoms with Crippen LogP contribution in [0.15, 0.2) is 12.1 Å². The van der Waals surface area contributed by atoms with E-state index in [1.54, 1.807) is 38.4 Å². The maximum Gasteiger partial charge on any atom is 0.240 e. The molecule has 1 unspecified atom stereocenters. The van der Waals surface area contributed by atoms with Crippen molar-refractivity contribution < 1.29 is 19.0 Å². The van der Waals surface area contributed by atoms with Gasteiger partial charge in [0, 0.05) is 18.7 Å². The molecule has 0 aliphatic carbocycles. The SMILES string of the molecule is COc1cc(N2CCCC(Br)C2=O)cc(OC)c1OC. The average molecular weight is 344 g/mol. The van der Waals surface area contributed by atoms with Gasteiger partial charge in [0.15, 0.2) is 11.5 Å². The van der Waals surface area contributed by atoms with Crippen molar-refractivity contribution in [1.82, 2.24) is 0 Å². The van der Waals surface area contributed by atoms with E-state index in [0.717, 1.165) is 18.5 Å². The molecule has 0 radical (unpaired) electrons. The highest BCUT2D eigenvalue weighted by atomic mass is 79.9. The van der Waals surface area contributed by atoms with Crippen LogP contribution in [-0.2, 0) is 4.79 Å². The molecule has 1 amide bonds. The molecule has 0 spiro atoms. The summed E-state index contributed by atoms with van der Waals surface area (Å²) in [5.74, 6) is 1.68. The lowest BCUT2D eigenvalue weighted by molar-refractivity contribution is -0.118. The summed E-state index contributed by atoms with van der Waals surface area (Å²) in [5, 5.41) is 0. The summed E-state index contributed by atoms with van der Waals surface area (Å²) in [6.45, 7) is 0.694. The van der Waals surface area contributed by atoms with Crippen LogP contribution in [0.3, 0.4) is 0 Å². The van der Waals surface area contributed by atoms with Gasteiger partial charge in [0.1, 0.15) is 0 Å². The molecule has 0 aromatic heterocycles.